The van der Waals surface area contributed by atoms with Crippen molar-refractivity contribution in [2.45, 2.75) is 25.9 Å². The van der Waals surface area contributed by atoms with Gasteiger partial charge in [0.25, 0.3) is 0 Å². The molecular weight excluding hydrogens is 282 g/mol. The Morgan fingerprint density at radius 2 is 2.23 bits per heavy atom. The van der Waals surface area contributed by atoms with Gasteiger partial charge < -0.3 is 10.2 Å². The van der Waals surface area contributed by atoms with Crippen molar-refractivity contribution in [1.29, 1.82) is 0 Å². The smallest absolute Gasteiger partial charge is 0.413 e. The molecule has 0 fully saturated rings. The first-order valence-electron chi connectivity index (χ1n) is 7.19. The Kier molecular flexibility index (Phi) is 3.77. The van der Waals surface area contributed by atoms with Crippen LogP contribution in [0.4, 0.5) is 10.6 Å². The van der Waals surface area contributed by atoms with Gasteiger partial charge in [-0.15, -0.1) is 0 Å². The number of aromatic nitrogens is 2. The number of amides is 1. The highest BCUT2D eigenvalue weighted by molar-refractivity contribution is 5.86. The average Bonchev–Trinajstić information content (AvgIpc) is 2.53. The van der Waals surface area contributed by atoms with Crippen LogP contribution < -0.4 is 4.90 Å². The van der Waals surface area contributed by atoms with Crippen molar-refractivity contribution in [1.82, 2.24) is 9.97 Å². The normalized spacial score (nSPS) is 15.3. The molecule has 3 heterocycles. The van der Waals surface area contributed by atoms with Gasteiger partial charge in [0, 0.05) is 36.3 Å². The maximum atomic E-state index is 11.3. The number of aliphatic hydroxyl groups is 1. The predicted octanol–water partition coefficient (Wildman–Crippen LogP) is 2.63. The first-order valence-corrected chi connectivity index (χ1v) is 7.19. The lowest BCUT2D eigenvalue weighted by Crippen LogP contribution is -2.34. The number of fused-ring (bicyclic) bond motifs is 1. The predicted molar refractivity (Wildman–Crippen MR) is 81.8 cm³/mol. The van der Waals surface area contributed by atoms with Gasteiger partial charge in [0.2, 0.25) is 0 Å². The van der Waals surface area contributed by atoms with Crippen LogP contribution in [0.15, 0.2) is 30.7 Å². The maximum Gasteiger partial charge on any atom is 0.413 e. The Morgan fingerprint density at radius 1 is 1.41 bits per heavy atom. The summed E-state index contributed by atoms with van der Waals surface area (Å²) in [6.07, 6.45) is 4.97. The number of aliphatic hydroxyl groups excluding tert-OH is 1. The first kappa shape index (κ1) is 14.5. The van der Waals surface area contributed by atoms with Gasteiger partial charge in [0.05, 0.1) is 6.10 Å². The minimum Gasteiger partial charge on any atom is -0.465 e. The zero-order valence-electron chi connectivity index (χ0n) is 12.2. The topological polar surface area (TPSA) is 86.6 Å². The van der Waals surface area contributed by atoms with Crippen LogP contribution in [0.5, 0.6) is 0 Å². The van der Waals surface area contributed by atoms with E-state index in [1.54, 1.807) is 31.6 Å². The molecule has 1 atom stereocenters. The van der Waals surface area contributed by atoms with Gasteiger partial charge in [-0.05, 0) is 43.0 Å². The molecule has 1 amide bonds. The largest absolute Gasteiger partial charge is 0.465 e. The average molecular weight is 299 g/mol. The lowest BCUT2D eigenvalue weighted by molar-refractivity contribution is 0.199. The Bertz CT molecular complexity index is 716. The van der Waals surface area contributed by atoms with Gasteiger partial charge >= 0.3 is 6.09 Å². The fraction of sp³-hybridized carbons (Fsp3) is 0.312. The Morgan fingerprint density at radius 3 is 2.95 bits per heavy atom. The highest BCUT2D eigenvalue weighted by Crippen LogP contribution is 2.32. The number of carbonyl (C=O) groups is 1. The Labute approximate surface area is 128 Å². The molecule has 1 aliphatic rings. The summed E-state index contributed by atoms with van der Waals surface area (Å²) in [6.45, 7) is 2.18. The lowest BCUT2D eigenvalue weighted by Gasteiger charge is -2.26. The molecule has 1 unspecified atom stereocenters. The molecule has 0 aromatic carbocycles. The van der Waals surface area contributed by atoms with Crippen molar-refractivity contribution < 1.29 is 15.0 Å². The Hall–Kier alpha value is -2.47. The molecule has 0 aliphatic carbocycles. The summed E-state index contributed by atoms with van der Waals surface area (Å²) in [5.74, 6) is 0.505. The van der Waals surface area contributed by atoms with Crippen molar-refractivity contribution in [3.8, 4) is 11.1 Å². The summed E-state index contributed by atoms with van der Waals surface area (Å²) >= 11 is 0. The fourth-order valence-electron chi connectivity index (χ4n) is 2.81. The maximum absolute atomic E-state index is 11.3. The van der Waals surface area contributed by atoms with Gasteiger partial charge in [0.15, 0.2) is 0 Å². The van der Waals surface area contributed by atoms with Crippen LogP contribution in [0.25, 0.3) is 11.1 Å². The molecule has 114 valence electrons. The highest BCUT2D eigenvalue weighted by Gasteiger charge is 2.24. The van der Waals surface area contributed by atoms with E-state index in [1.807, 2.05) is 6.07 Å². The number of pyridine rings is 2. The number of rotatable bonds is 2. The van der Waals surface area contributed by atoms with E-state index in [-0.39, 0.29) is 0 Å². The minimum atomic E-state index is -0.979. The SMILES string of the molecule is CC(O)c1ccncc1-c1cnc2c(c1)CCCN2C(=O)O. The van der Waals surface area contributed by atoms with E-state index in [1.165, 1.54) is 4.90 Å². The summed E-state index contributed by atoms with van der Waals surface area (Å²) < 4.78 is 0. The molecule has 1 aliphatic heterocycles. The van der Waals surface area contributed by atoms with Gasteiger partial charge in [-0.1, -0.05) is 0 Å². The number of hydrogen-bond acceptors (Lipinski definition) is 4. The molecule has 0 spiro atoms. The minimum absolute atomic E-state index is 0.473. The van der Waals surface area contributed by atoms with E-state index in [9.17, 15) is 15.0 Å². The number of nitrogens with zero attached hydrogens (tertiary/aromatic N) is 3. The van der Waals surface area contributed by atoms with Crippen LogP contribution in [0.2, 0.25) is 0 Å². The quantitative estimate of drug-likeness (QED) is 0.890. The molecule has 22 heavy (non-hydrogen) atoms. The van der Waals surface area contributed by atoms with Crippen molar-refractivity contribution in [3.63, 3.8) is 0 Å². The molecule has 2 N–H and O–H groups in total. The van der Waals surface area contributed by atoms with Crippen molar-refractivity contribution in [2.75, 3.05) is 11.4 Å². The van der Waals surface area contributed by atoms with Gasteiger partial charge in [-0.2, -0.15) is 0 Å². The molecule has 3 rings (SSSR count). The zero-order chi connectivity index (χ0) is 15.7. The molecule has 2 aromatic rings. The molecule has 0 radical (unpaired) electrons. The molecule has 6 heteroatoms. The van der Waals surface area contributed by atoms with Crippen LogP contribution >= 0.6 is 0 Å². The summed E-state index contributed by atoms with van der Waals surface area (Å²) in [5, 5.41) is 19.1. The van der Waals surface area contributed by atoms with E-state index in [4.69, 9.17) is 0 Å². The van der Waals surface area contributed by atoms with E-state index < -0.39 is 12.2 Å². The fourth-order valence-corrected chi connectivity index (χ4v) is 2.81. The van der Waals surface area contributed by atoms with Crippen molar-refractivity contribution in [2.24, 2.45) is 0 Å². The summed E-state index contributed by atoms with van der Waals surface area (Å²) in [6, 6.07) is 3.73. The lowest BCUT2D eigenvalue weighted by atomic mass is 9.97. The van der Waals surface area contributed by atoms with Crippen LogP contribution in [0, 0.1) is 0 Å². The number of hydrogen-bond donors (Lipinski definition) is 2. The summed E-state index contributed by atoms with van der Waals surface area (Å²) in [7, 11) is 0. The Balaban J connectivity index is 2.07. The molecule has 0 bridgehead atoms. The molecule has 0 saturated heterocycles. The van der Waals surface area contributed by atoms with Gasteiger partial charge in [-0.3, -0.25) is 9.88 Å². The zero-order valence-corrected chi connectivity index (χ0v) is 12.2. The van der Waals surface area contributed by atoms with Crippen LogP contribution in [0.1, 0.15) is 30.6 Å². The summed E-state index contributed by atoms with van der Waals surface area (Å²) in [4.78, 5) is 21.0. The van der Waals surface area contributed by atoms with Crippen LogP contribution in [0.3, 0.4) is 0 Å². The summed E-state index contributed by atoms with van der Waals surface area (Å²) in [5.41, 5.74) is 3.35. The van der Waals surface area contributed by atoms with Crippen molar-refractivity contribution >= 4 is 11.9 Å². The standard InChI is InChI=1S/C16H17N3O3/c1-10(20)13-4-5-17-9-14(13)12-7-11-3-2-6-19(16(21)22)15(11)18-8-12/h4-5,7-10,20H,2-3,6H2,1H3,(H,21,22). The highest BCUT2D eigenvalue weighted by atomic mass is 16.4. The molecular formula is C16H17N3O3. The second-order valence-corrected chi connectivity index (χ2v) is 5.38. The second-order valence-electron chi connectivity index (χ2n) is 5.38. The third kappa shape index (κ3) is 2.53. The van der Waals surface area contributed by atoms with Crippen LogP contribution in [-0.2, 0) is 6.42 Å². The van der Waals surface area contributed by atoms with E-state index in [0.717, 1.165) is 35.1 Å². The van der Waals surface area contributed by atoms with Gasteiger partial charge in [-0.25, -0.2) is 9.78 Å². The van der Waals surface area contributed by atoms with E-state index in [2.05, 4.69) is 9.97 Å². The molecule has 2 aromatic heterocycles. The molecule has 6 nitrogen and oxygen atoms in total. The van der Waals surface area contributed by atoms with E-state index in [0.29, 0.717) is 12.4 Å². The number of anilines is 1. The first-order chi connectivity index (χ1) is 10.6. The van der Waals surface area contributed by atoms with Crippen molar-refractivity contribution in [3.05, 3.63) is 41.9 Å². The number of carboxylic acid groups (broad SMARTS) is 1. The number of aryl methyl sites for hydroxylation is 1. The second kappa shape index (κ2) is 5.73. The van der Waals surface area contributed by atoms with E-state index >= 15 is 0 Å². The monoisotopic (exact) mass is 299 g/mol. The molecule has 0 saturated carbocycles. The van der Waals surface area contributed by atoms with Gasteiger partial charge in [0.1, 0.15) is 5.82 Å². The third-order valence-corrected chi connectivity index (χ3v) is 3.87. The van der Waals surface area contributed by atoms with Crippen LogP contribution in [-0.4, -0.2) is 32.8 Å². The third-order valence-electron chi connectivity index (χ3n) is 3.87.